The van der Waals surface area contributed by atoms with Crippen LogP contribution in [0.5, 0.6) is 5.88 Å². The lowest BCUT2D eigenvalue weighted by Crippen LogP contribution is -2.20. The van der Waals surface area contributed by atoms with Crippen molar-refractivity contribution in [3.63, 3.8) is 0 Å². The molecule has 114 valence electrons. The lowest BCUT2D eigenvalue weighted by molar-refractivity contribution is -0.277. The fourth-order valence-corrected chi connectivity index (χ4v) is 2.31. The average Bonchev–Trinajstić information content (AvgIpc) is 2.24. The third-order valence-electron chi connectivity index (χ3n) is 1.89. The van der Waals surface area contributed by atoms with Crippen molar-refractivity contribution in [1.82, 2.24) is 4.98 Å². The molecule has 0 saturated carbocycles. The van der Waals surface area contributed by atoms with Crippen LogP contribution in [0.25, 0.3) is 0 Å². The maximum Gasteiger partial charge on any atom is 0.574 e. The van der Waals surface area contributed by atoms with Gasteiger partial charge in [0.1, 0.15) is 10.6 Å². The van der Waals surface area contributed by atoms with Crippen molar-refractivity contribution in [2.24, 2.45) is 0 Å². The molecular weight excluding hydrogens is 356 g/mol. The summed E-state index contributed by atoms with van der Waals surface area (Å²) < 4.78 is 87.1. The zero-order valence-corrected chi connectivity index (χ0v) is 11.4. The molecule has 1 rings (SSSR count). The van der Waals surface area contributed by atoms with Crippen LogP contribution >= 0.6 is 22.3 Å². The van der Waals surface area contributed by atoms with E-state index in [0.29, 0.717) is 6.07 Å². The smallest absolute Gasteiger partial charge is 0.386 e. The second-order valence-electron chi connectivity index (χ2n) is 3.26. The van der Waals surface area contributed by atoms with E-state index in [1.54, 1.807) is 0 Å². The molecule has 0 bridgehead atoms. The fraction of sp³-hybridized carbons (Fsp3) is 0.375. The van der Waals surface area contributed by atoms with Crippen LogP contribution in [0.3, 0.4) is 0 Å². The van der Waals surface area contributed by atoms with Crippen molar-refractivity contribution in [2.45, 2.75) is 23.6 Å². The molecule has 0 aliphatic rings. The number of alkyl halides is 6. The molecule has 1 heterocycles. The lowest BCUT2D eigenvalue weighted by atomic mass is 10.2. The molecule has 0 fully saturated rings. The van der Waals surface area contributed by atoms with E-state index < -0.39 is 49.8 Å². The van der Waals surface area contributed by atoms with E-state index in [9.17, 15) is 30.4 Å². The molecule has 1 aromatic rings. The summed E-state index contributed by atoms with van der Waals surface area (Å²) in [5.41, 5.74) is -1.60. The molecule has 4 nitrogen and oxygen atoms in total. The van der Waals surface area contributed by atoms with E-state index in [1.807, 2.05) is 0 Å². The Morgan fingerprint density at radius 1 is 1.35 bits per heavy atom. The van der Waals surface area contributed by atoms with Crippen molar-refractivity contribution in [1.29, 1.82) is 0 Å². The van der Waals surface area contributed by atoms with Crippen molar-refractivity contribution < 1.29 is 35.1 Å². The van der Waals surface area contributed by atoms with Crippen molar-refractivity contribution in [3.05, 3.63) is 17.3 Å². The Bertz CT molecular complexity index is 605. The van der Waals surface area contributed by atoms with Gasteiger partial charge in [-0.1, -0.05) is 0 Å². The average molecular weight is 360 g/mol. The van der Waals surface area contributed by atoms with Gasteiger partial charge in [0.2, 0.25) is 5.88 Å². The number of aromatic nitrogens is 1. The third kappa shape index (κ3) is 4.32. The van der Waals surface area contributed by atoms with Crippen LogP contribution in [-0.2, 0) is 14.9 Å². The molecule has 1 aromatic heterocycles. The third-order valence-corrected chi connectivity index (χ3v) is 3.50. The lowest BCUT2D eigenvalue weighted by Gasteiger charge is -2.14. The summed E-state index contributed by atoms with van der Waals surface area (Å²) in [6.07, 6.45) is -8.60. The zero-order chi connectivity index (χ0) is 15.7. The Morgan fingerprint density at radius 2 is 1.90 bits per heavy atom. The predicted octanol–water partition coefficient (Wildman–Crippen LogP) is 3.58. The van der Waals surface area contributed by atoms with E-state index >= 15 is 0 Å². The molecule has 0 atom stereocenters. The highest BCUT2D eigenvalue weighted by molar-refractivity contribution is 8.13. The first-order chi connectivity index (χ1) is 8.95. The summed E-state index contributed by atoms with van der Waals surface area (Å²) >= 11 is 5.31. The highest BCUT2D eigenvalue weighted by Gasteiger charge is 2.36. The first-order valence-corrected chi connectivity index (χ1v) is 7.38. The first-order valence-electron chi connectivity index (χ1n) is 4.54. The molecule has 20 heavy (non-hydrogen) atoms. The SMILES string of the molecule is O=S(=O)(Cl)c1cc(CCl)c(C(F)F)nc1OC(F)(F)F. The molecule has 0 aliphatic heterocycles. The highest BCUT2D eigenvalue weighted by Crippen LogP contribution is 2.34. The number of hydrogen-bond donors (Lipinski definition) is 0. The number of nitrogens with zero attached hydrogens (tertiary/aromatic N) is 1. The van der Waals surface area contributed by atoms with E-state index in [2.05, 4.69) is 9.72 Å². The minimum atomic E-state index is -5.33. The Morgan fingerprint density at radius 3 is 2.25 bits per heavy atom. The quantitative estimate of drug-likeness (QED) is 0.468. The second kappa shape index (κ2) is 5.86. The van der Waals surface area contributed by atoms with Gasteiger partial charge in [0.05, 0.1) is 0 Å². The van der Waals surface area contributed by atoms with Gasteiger partial charge in [0.15, 0.2) is 0 Å². The van der Waals surface area contributed by atoms with Crippen molar-refractivity contribution in [2.75, 3.05) is 0 Å². The molecule has 0 N–H and O–H groups in total. The Hall–Kier alpha value is -0.870. The summed E-state index contributed by atoms with van der Waals surface area (Å²) in [4.78, 5) is 1.66. The van der Waals surface area contributed by atoms with Crippen molar-refractivity contribution >= 4 is 31.3 Å². The van der Waals surface area contributed by atoms with Crippen LogP contribution < -0.4 is 4.74 Å². The molecule has 12 heteroatoms. The normalized spacial score (nSPS) is 12.8. The first kappa shape index (κ1) is 17.2. The molecule has 0 saturated heterocycles. The van der Waals surface area contributed by atoms with Gasteiger partial charge in [-0.05, 0) is 11.6 Å². The van der Waals surface area contributed by atoms with Gasteiger partial charge in [-0.2, -0.15) is 0 Å². The monoisotopic (exact) mass is 359 g/mol. The maximum absolute atomic E-state index is 12.6. The van der Waals surface area contributed by atoms with Crippen LogP contribution in [0, 0.1) is 0 Å². The molecule has 0 spiro atoms. The number of hydrogen-bond acceptors (Lipinski definition) is 4. The zero-order valence-electron chi connectivity index (χ0n) is 9.09. The van der Waals surface area contributed by atoms with Gasteiger partial charge >= 0.3 is 6.36 Å². The standard InChI is InChI=1S/C8H4Cl2F5NO3S/c9-2-3-1-4(20(10,17)18)7(19-8(13,14)15)16-5(3)6(11)12/h1,6H,2H2. The van der Waals surface area contributed by atoms with Gasteiger partial charge in [-0.15, -0.1) is 24.8 Å². The minimum absolute atomic E-state index is 0.463. The topological polar surface area (TPSA) is 56.3 Å². The van der Waals surface area contributed by atoms with Crippen molar-refractivity contribution in [3.8, 4) is 5.88 Å². The molecule has 0 amide bonds. The van der Waals surface area contributed by atoms with Gasteiger partial charge in [0.25, 0.3) is 15.5 Å². The van der Waals surface area contributed by atoms with Gasteiger partial charge in [-0.25, -0.2) is 22.2 Å². The van der Waals surface area contributed by atoms with Crippen LogP contribution in [0.2, 0.25) is 0 Å². The minimum Gasteiger partial charge on any atom is -0.386 e. The Labute approximate surface area is 118 Å². The van der Waals surface area contributed by atoms with Gasteiger partial charge in [0, 0.05) is 16.6 Å². The van der Waals surface area contributed by atoms with Crippen LogP contribution in [0.4, 0.5) is 22.0 Å². The summed E-state index contributed by atoms with van der Waals surface area (Å²) in [6, 6.07) is 0.463. The summed E-state index contributed by atoms with van der Waals surface area (Å²) in [5.74, 6) is -2.19. The molecule has 0 unspecified atom stereocenters. The van der Waals surface area contributed by atoms with E-state index in [1.165, 1.54) is 0 Å². The Kier molecular flexibility index (Phi) is 5.03. The summed E-state index contributed by atoms with van der Waals surface area (Å²) in [5, 5.41) is 0. The number of ether oxygens (including phenoxy) is 1. The maximum atomic E-state index is 12.6. The summed E-state index contributed by atoms with van der Waals surface area (Å²) in [7, 11) is 0.208. The molecular formula is C8H4Cl2F5NO3S. The predicted molar refractivity (Wildman–Crippen MR) is 58.5 cm³/mol. The fourth-order valence-electron chi connectivity index (χ4n) is 1.18. The Balaban J connectivity index is 3.57. The number of halogens is 7. The van der Waals surface area contributed by atoms with Gasteiger partial charge in [-0.3, -0.25) is 0 Å². The summed E-state index contributed by atoms with van der Waals surface area (Å²) in [6.45, 7) is 0. The van der Waals surface area contributed by atoms with Crippen LogP contribution in [0.1, 0.15) is 17.7 Å². The van der Waals surface area contributed by atoms with E-state index in [4.69, 9.17) is 22.3 Å². The van der Waals surface area contributed by atoms with E-state index in [-0.39, 0.29) is 0 Å². The van der Waals surface area contributed by atoms with Gasteiger partial charge < -0.3 is 4.74 Å². The van der Waals surface area contributed by atoms with Crippen LogP contribution in [-0.4, -0.2) is 19.8 Å². The molecule has 0 aromatic carbocycles. The highest BCUT2D eigenvalue weighted by atomic mass is 35.7. The second-order valence-corrected chi connectivity index (χ2v) is 6.06. The van der Waals surface area contributed by atoms with E-state index in [0.717, 1.165) is 0 Å². The number of pyridine rings is 1. The molecule has 0 radical (unpaired) electrons. The largest absolute Gasteiger partial charge is 0.574 e. The van der Waals surface area contributed by atoms with Crippen LogP contribution in [0.15, 0.2) is 11.0 Å². The molecule has 0 aliphatic carbocycles. The number of rotatable bonds is 4.